The van der Waals surface area contributed by atoms with Crippen molar-refractivity contribution in [3.05, 3.63) is 41.2 Å². The molecule has 6 rings (SSSR count). The molecular weight excluding hydrogens is 511 g/mol. The van der Waals surface area contributed by atoms with Crippen molar-refractivity contribution in [3.63, 3.8) is 0 Å². The van der Waals surface area contributed by atoms with Gasteiger partial charge in [0, 0.05) is 29.1 Å². The number of ketones is 1. The lowest BCUT2D eigenvalue weighted by Gasteiger charge is -2.15. The van der Waals surface area contributed by atoms with Crippen LogP contribution in [0.3, 0.4) is 0 Å². The van der Waals surface area contributed by atoms with Crippen molar-refractivity contribution >= 4 is 45.7 Å². The van der Waals surface area contributed by atoms with E-state index < -0.39 is 47.6 Å². The zero-order valence-corrected chi connectivity index (χ0v) is 19.6. The summed E-state index contributed by atoms with van der Waals surface area (Å²) in [6, 6.07) is 1.94. The Balaban J connectivity index is 1.38. The highest BCUT2D eigenvalue weighted by Gasteiger charge is 2.45. The second kappa shape index (κ2) is 8.55. The molecule has 3 heterocycles. The number of carbonyl (C=O) groups excluding carboxylic acids is 2. The maximum Gasteiger partial charge on any atom is 0.231 e. The predicted octanol–water partition coefficient (Wildman–Crippen LogP) is 4.29. The summed E-state index contributed by atoms with van der Waals surface area (Å²) in [5.41, 5.74) is 0.874. The molecule has 0 aliphatic heterocycles. The number of benzene rings is 1. The molecule has 188 valence electrons. The van der Waals surface area contributed by atoms with Gasteiger partial charge in [-0.05, 0) is 12.8 Å². The van der Waals surface area contributed by atoms with Crippen molar-refractivity contribution in [1.82, 2.24) is 24.6 Å². The van der Waals surface area contributed by atoms with Gasteiger partial charge in [-0.25, -0.2) is 18.2 Å². The van der Waals surface area contributed by atoms with Crippen molar-refractivity contribution in [1.29, 1.82) is 5.26 Å². The molecule has 0 saturated heterocycles. The number of Topliss-reactive ketones (excluding diaryl/α,β-unsaturated/α-hetero) is 1. The Morgan fingerprint density at radius 3 is 2.65 bits per heavy atom. The Hall–Kier alpha value is -3.98. The van der Waals surface area contributed by atoms with E-state index in [1.54, 1.807) is 4.40 Å². The van der Waals surface area contributed by atoms with Gasteiger partial charge in [0.2, 0.25) is 5.91 Å². The molecule has 37 heavy (non-hydrogen) atoms. The van der Waals surface area contributed by atoms with Crippen molar-refractivity contribution in [2.75, 3.05) is 5.32 Å². The van der Waals surface area contributed by atoms with E-state index in [1.807, 2.05) is 6.07 Å². The SMILES string of the molecule is N#CC(CC(=O)[C@@H]1C[C@@H]1F)c1c(F)c(Cl)c(-c2cn3cc(NC(=O)[C@@H]4C[C@@H]4F)nc3cn2)c2cn[nH]c12. The molecule has 1 unspecified atom stereocenters. The lowest BCUT2D eigenvalue weighted by Crippen LogP contribution is -2.15. The number of nitriles is 1. The minimum absolute atomic E-state index is 0.114. The average molecular weight is 528 g/mol. The fourth-order valence-electron chi connectivity index (χ4n) is 4.52. The first-order valence-electron chi connectivity index (χ1n) is 11.5. The Labute approximate surface area is 211 Å². The molecule has 2 N–H and O–H groups in total. The third-order valence-electron chi connectivity index (χ3n) is 6.76. The zero-order chi connectivity index (χ0) is 26.0. The normalized spacial score (nSPS) is 23.1. The van der Waals surface area contributed by atoms with E-state index in [0.717, 1.165) is 0 Å². The number of nitrogens with one attached hydrogen (secondary N) is 2. The number of amides is 1. The number of anilines is 1. The van der Waals surface area contributed by atoms with E-state index >= 15 is 4.39 Å². The van der Waals surface area contributed by atoms with Gasteiger partial charge in [0.05, 0.1) is 58.6 Å². The molecule has 0 bridgehead atoms. The first-order chi connectivity index (χ1) is 17.8. The molecule has 4 aromatic rings. The number of halogens is 4. The summed E-state index contributed by atoms with van der Waals surface area (Å²) < 4.78 is 43.7. The fourth-order valence-corrected chi connectivity index (χ4v) is 4.82. The number of alkyl halides is 2. The van der Waals surface area contributed by atoms with Gasteiger partial charge in [-0.3, -0.25) is 19.7 Å². The van der Waals surface area contributed by atoms with Gasteiger partial charge in [-0.2, -0.15) is 10.4 Å². The molecule has 9 nitrogen and oxygen atoms in total. The minimum atomic E-state index is -1.22. The molecule has 2 fully saturated rings. The molecule has 0 spiro atoms. The van der Waals surface area contributed by atoms with Crippen LogP contribution in [-0.2, 0) is 9.59 Å². The van der Waals surface area contributed by atoms with Crippen LogP contribution < -0.4 is 5.32 Å². The average Bonchev–Trinajstić information content (AvgIpc) is 3.67. The van der Waals surface area contributed by atoms with Crippen molar-refractivity contribution < 1.29 is 22.8 Å². The van der Waals surface area contributed by atoms with Gasteiger partial charge >= 0.3 is 0 Å². The van der Waals surface area contributed by atoms with Crippen molar-refractivity contribution in [3.8, 4) is 17.3 Å². The fraction of sp³-hybridized carbons (Fsp3) is 0.333. The minimum Gasteiger partial charge on any atom is -0.309 e. The second-order valence-corrected chi connectivity index (χ2v) is 9.68. The standard InChI is InChI=1S/C24H17ClF3N7O2/c25-21-20(15-7-35-8-17(32-18(35)6-30-15)33-24(37)11-3-14(11)27)12-5-31-34-23(12)19(22(21)28)9(4-29)1-16(36)10-2-13(10)26/h5-11,13-14H,1-3H2,(H,31,34)(H,33,37)/t9?,10-,11-,13+,14+/m1/s1. The summed E-state index contributed by atoms with van der Waals surface area (Å²) in [7, 11) is 0. The molecule has 2 saturated carbocycles. The Bertz CT molecular complexity index is 1640. The lowest BCUT2D eigenvalue weighted by molar-refractivity contribution is -0.121. The van der Waals surface area contributed by atoms with Gasteiger partial charge in [-0.1, -0.05) is 11.6 Å². The first kappa shape index (κ1) is 23.4. The number of aromatic nitrogens is 5. The first-order valence-corrected chi connectivity index (χ1v) is 11.8. The summed E-state index contributed by atoms with van der Waals surface area (Å²) in [6.45, 7) is 0. The third kappa shape index (κ3) is 3.99. The van der Waals surface area contributed by atoms with Crippen molar-refractivity contribution in [2.24, 2.45) is 11.8 Å². The number of imidazole rings is 1. The topological polar surface area (TPSA) is 129 Å². The highest BCUT2D eigenvalue weighted by atomic mass is 35.5. The highest BCUT2D eigenvalue weighted by Crippen LogP contribution is 2.43. The smallest absolute Gasteiger partial charge is 0.231 e. The summed E-state index contributed by atoms with van der Waals surface area (Å²) in [5.74, 6) is -4.23. The second-order valence-electron chi connectivity index (χ2n) is 9.30. The van der Waals surface area contributed by atoms with Crippen molar-refractivity contribution in [2.45, 2.75) is 37.5 Å². The van der Waals surface area contributed by atoms with Crippen LogP contribution in [0.2, 0.25) is 5.02 Å². The summed E-state index contributed by atoms with van der Waals surface area (Å²) >= 11 is 6.46. The van der Waals surface area contributed by atoms with Crippen LogP contribution >= 0.6 is 11.6 Å². The molecular formula is C24H17ClF3N7O2. The van der Waals surface area contributed by atoms with E-state index in [2.05, 4.69) is 25.5 Å². The maximum absolute atomic E-state index is 15.7. The molecule has 2 aliphatic carbocycles. The van der Waals surface area contributed by atoms with Gasteiger partial charge in [-0.15, -0.1) is 0 Å². The zero-order valence-electron chi connectivity index (χ0n) is 18.9. The summed E-state index contributed by atoms with van der Waals surface area (Å²) in [5, 5.41) is 19.0. The van der Waals surface area contributed by atoms with Crippen LogP contribution in [0, 0.1) is 29.0 Å². The summed E-state index contributed by atoms with van der Waals surface area (Å²) in [4.78, 5) is 32.9. The number of carbonyl (C=O) groups is 2. The van der Waals surface area contributed by atoms with Gasteiger partial charge < -0.3 is 9.72 Å². The molecule has 13 heteroatoms. The lowest BCUT2D eigenvalue weighted by atomic mass is 9.90. The van der Waals surface area contributed by atoms with Crippen LogP contribution in [0.15, 0.2) is 24.8 Å². The van der Waals surface area contributed by atoms with Crippen LogP contribution in [0.1, 0.15) is 30.7 Å². The molecule has 0 radical (unpaired) electrons. The predicted molar refractivity (Wildman–Crippen MR) is 126 cm³/mol. The van der Waals surface area contributed by atoms with E-state index in [0.29, 0.717) is 11.0 Å². The monoisotopic (exact) mass is 527 g/mol. The largest absolute Gasteiger partial charge is 0.309 e. The van der Waals surface area contributed by atoms with Crippen LogP contribution in [0.4, 0.5) is 19.0 Å². The maximum atomic E-state index is 15.7. The number of nitrogens with zero attached hydrogens (tertiary/aromatic N) is 5. The summed E-state index contributed by atoms with van der Waals surface area (Å²) in [6.07, 6.45) is 3.42. The molecule has 2 aliphatic rings. The van der Waals surface area contributed by atoms with E-state index in [9.17, 15) is 23.6 Å². The molecule has 1 aromatic carbocycles. The Kier molecular flexibility index (Phi) is 5.41. The van der Waals surface area contributed by atoms with Crippen LogP contribution in [0.5, 0.6) is 0 Å². The van der Waals surface area contributed by atoms with E-state index in [4.69, 9.17) is 11.6 Å². The van der Waals surface area contributed by atoms with Gasteiger partial charge in [0.1, 0.15) is 23.9 Å². The number of hydrogen-bond donors (Lipinski definition) is 2. The van der Waals surface area contributed by atoms with E-state index in [1.165, 1.54) is 24.8 Å². The number of rotatable bonds is 7. The van der Waals surface area contributed by atoms with Crippen LogP contribution in [-0.4, -0.2) is 48.6 Å². The number of fused-ring (bicyclic) bond motifs is 2. The highest BCUT2D eigenvalue weighted by molar-refractivity contribution is 6.35. The van der Waals surface area contributed by atoms with Gasteiger partial charge in [0.15, 0.2) is 11.5 Å². The van der Waals surface area contributed by atoms with Crippen LogP contribution in [0.25, 0.3) is 27.8 Å². The van der Waals surface area contributed by atoms with Gasteiger partial charge in [0.25, 0.3) is 0 Å². The number of H-pyrrole nitrogens is 1. The Morgan fingerprint density at radius 2 is 1.97 bits per heavy atom. The van der Waals surface area contributed by atoms with E-state index in [-0.39, 0.29) is 52.4 Å². The quantitative estimate of drug-likeness (QED) is 0.369. The number of hydrogen-bond acceptors (Lipinski definition) is 6. The molecule has 1 amide bonds. The molecule has 5 atom stereocenters. The third-order valence-corrected chi connectivity index (χ3v) is 7.12. The number of aromatic amines is 1. The Morgan fingerprint density at radius 1 is 1.24 bits per heavy atom. The molecule has 3 aromatic heterocycles.